The molecule has 0 aromatic carbocycles. The highest BCUT2D eigenvalue weighted by Crippen LogP contribution is 2.33. The summed E-state index contributed by atoms with van der Waals surface area (Å²) in [6, 6.07) is 3.11. The fraction of sp³-hybridized carbons (Fsp3) is 0.600. The third-order valence-corrected chi connectivity index (χ3v) is 6.79. The summed E-state index contributed by atoms with van der Waals surface area (Å²) in [7, 11) is -3.49. The van der Waals surface area contributed by atoms with Crippen molar-refractivity contribution in [3.05, 3.63) is 16.5 Å². The standard InChI is InChI=1S/C10H13Cl2NO2S2/c11-7-10(5-1-2-6-10)13-17(14,15)9-4-3-8(12)16-9/h3-4,13H,1-2,5-7H2. The van der Waals surface area contributed by atoms with Gasteiger partial charge in [-0.15, -0.1) is 22.9 Å². The van der Waals surface area contributed by atoms with Crippen molar-refractivity contribution in [3.8, 4) is 0 Å². The maximum Gasteiger partial charge on any atom is 0.250 e. The molecule has 0 spiro atoms. The lowest BCUT2D eigenvalue weighted by Crippen LogP contribution is -2.47. The summed E-state index contributed by atoms with van der Waals surface area (Å²) in [5, 5.41) is 0. The number of nitrogens with one attached hydrogen (secondary N) is 1. The summed E-state index contributed by atoms with van der Waals surface area (Å²) in [4.78, 5) is 0. The van der Waals surface area contributed by atoms with Crippen LogP contribution in [0.25, 0.3) is 0 Å². The van der Waals surface area contributed by atoms with Gasteiger partial charge >= 0.3 is 0 Å². The number of alkyl halides is 1. The monoisotopic (exact) mass is 313 g/mol. The van der Waals surface area contributed by atoms with E-state index >= 15 is 0 Å². The van der Waals surface area contributed by atoms with Crippen molar-refractivity contribution in [1.82, 2.24) is 4.72 Å². The molecule has 1 aromatic heterocycles. The second-order valence-electron chi connectivity index (χ2n) is 4.29. The predicted molar refractivity (Wildman–Crippen MR) is 71.6 cm³/mol. The first-order valence-corrected chi connectivity index (χ1v) is 8.54. The molecule has 1 N–H and O–H groups in total. The highest BCUT2D eigenvalue weighted by atomic mass is 35.5. The third-order valence-electron chi connectivity index (χ3n) is 2.98. The Kier molecular flexibility index (Phi) is 4.05. The Balaban J connectivity index is 2.22. The fourth-order valence-corrected chi connectivity index (χ4v) is 5.45. The van der Waals surface area contributed by atoms with Gasteiger partial charge in [0.05, 0.1) is 4.34 Å². The van der Waals surface area contributed by atoms with E-state index in [0.29, 0.717) is 10.2 Å². The number of hydrogen-bond donors (Lipinski definition) is 1. The van der Waals surface area contributed by atoms with Crippen molar-refractivity contribution in [2.75, 3.05) is 5.88 Å². The van der Waals surface area contributed by atoms with Gasteiger partial charge in [0.15, 0.2) is 0 Å². The van der Waals surface area contributed by atoms with E-state index < -0.39 is 15.6 Å². The molecule has 1 aliphatic rings. The van der Waals surface area contributed by atoms with Crippen LogP contribution in [0.5, 0.6) is 0 Å². The fourth-order valence-electron chi connectivity index (χ4n) is 2.09. The SMILES string of the molecule is O=S(=O)(NC1(CCl)CCCC1)c1ccc(Cl)s1. The minimum Gasteiger partial charge on any atom is -0.206 e. The summed E-state index contributed by atoms with van der Waals surface area (Å²) in [5.41, 5.74) is -0.475. The van der Waals surface area contributed by atoms with Crippen LogP contribution < -0.4 is 4.72 Å². The first-order chi connectivity index (χ1) is 7.97. The molecule has 7 heteroatoms. The van der Waals surface area contributed by atoms with Crippen molar-refractivity contribution in [1.29, 1.82) is 0 Å². The molecule has 0 saturated heterocycles. The van der Waals surface area contributed by atoms with Crippen LogP contribution in [-0.2, 0) is 10.0 Å². The van der Waals surface area contributed by atoms with Gasteiger partial charge in [0.1, 0.15) is 4.21 Å². The maximum absolute atomic E-state index is 12.1. The molecular weight excluding hydrogens is 301 g/mol. The topological polar surface area (TPSA) is 46.2 Å². The van der Waals surface area contributed by atoms with Crippen LogP contribution in [0.15, 0.2) is 16.3 Å². The molecular formula is C10H13Cl2NO2S2. The van der Waals surface area contributed by atoms with Gasteiger partial charge in [0.25, 0.3) is 10.0 Å². The Bertz CT molecular complexity index is 492. The van der Waals surface area contributed by atoms with Gasteiger partial charge < -0.3 is 0 Å². The van der Waals surface area contributed by atoms with Crippen LogP contribution in [-0.4, -0.2) is 19.8 Å². The molecule has 2 rings (SSSR count). The van der Waals surface area contributed by atoms with Crippen molar-refractivity contribution in [2.45, 2.75) is 35.4 Å². The molecule has 96 valence electrons. The van der Waals surface area contributed by atoms with Gasteiger partial charge in [-0.05, 0) is 25.0 Å². The van der Waals surface area contributed by atoms with E-state index in [1.165, 1.54) is 6.07 Å². The molecule has 0 amide bonds. The minimum absolute atomic E-state index is 0.249. The second-order valence-corrected chi connectivity index (χ2v) is 8.18. The Morgan fingerprint density at radius 2 is 2.00 bits per heavy atom. The van der Waals surface area contributed by atoms with E-state index in [0.717, 1.165) is 37.0 Å². The van der Waals surface area contributed by atoms with E-state index in [-0.39, 0.29) is 4.21 Å². The Labute approximate surface area is 115 Å². The van der Waals surface area contributed by atoms with Crippen LogP contribution in [0, 0.1) is 0 Å². The molecule has 1 fully saturated rings. The predicted octanol–water partition coefficient (Wildman–Crippen LogP) is 3.23. The van der Waals surface area contributed by atoms with Crippen LogP contribution in [0.3, 0.4) is 0 Å². The van der Waals surface area contributed by atoms with Crippen LogP contribution in [0.1, 0.15) is 25.7 Å². The molecule has 1 aliphatic carbocycles. The molecule has 1 saturated carbocycles. The Hall–Kier alpha value is 0.190. The van der Waals surface area contributed by atoms with Crippen molar-refractivity contribution < 1.29 is 8.42 Å². The van der Waals surface area contributed by atoms with Crippen LogP contribution in [0.4, 0.5) is 0 Å². The van der Waals surface area contributed by atoms with Crippen molar-refractivity contribution in [3.63, 3.8) is 0 Å². The van der Waals surface area contributed by atoms with Crippen LogP contribution >= 0.6 is 34.5 Å². The van der Waals surface area contributed by atoms with Gasteiger partial charge in [0, 0.05) is 11.4 Å². The number of sulfonamides is 1. The lowest BCUT2D eigenvalue weighted by atomic mass is 10.0. The van der Waals surface area contributed by atoms with Gasteiger partial charge in [-0.2, -0.15) is 0 Å². The number of halogens is 2. The lowest BCUT2D eigenvalue weighted by molar-refractivity contribution is 0.433. The van der Waals surface area contributed by atoms with Crippen molar-refractivity contribution in [2.24, 2.45) is 0 Å². The molecule has 17 heavy (non-hydrogen) atoms. The minimum atomic E-state index is -3.49. The Morgan fingerprint density at radius 3 is 2.47 bits per heavy atom. The normalized spacial score (nSPS) is 19.6. The molecule has 1 aromatic rings. The molecule has 0 radical (unpaired) electrons. The number of hydrogen-bond acceptors (Lipinski definition) is 3. The molecule has 3 nitrogen and oxygen atoms in total. The summed E-state index contributed by atoms with van der Waals surface area (Å²) in [6.45, 7) is 0. The zero-order valence-corrected chi connectivity index (χ0v) is 12.2. The molecule has 0 bridgehead atoms. The zero-order valence-electron chi connectivity index (χ0n) is 9.08. The van der Waals surface area contributed by atoms with Gasteiger partial charge in [0.2, 0.25) is 0 Å². The highest BCUT2D eigenvalue weighted by Gasteiger charge is 2.37. The van der Waals surface area contributed by atoms with Crippen molar-refractivity contribution >= 4 is 44.6 Å². The van der Waals surface area contributed by atoms with E-state index in [1.54, 1.807) is 6.07 Å². The Morgan fingerprint density at radius 1 is 1.35 bits per heavy atom. The summed E-state index contributed by atoms with van der Waals surface area (Å²) < 4.78 is 27.8. The van der Waals surface area contributed by atoms with Crippen LogP contribution in [0.2, 0.25) is 4.34 Å². The lowest BCUT2D eigenvalue weighted by Gasteiger charge is -2.26. The van der Waals surface area contributed by atoms with E-state index in [2.05, 4.69) is 4.72 Å². The first-order valence-electron chi connectivity index (χ1n) is 5.33. The summed E-state index contributed by atoms with van der Waals surface area (Å²) in [5.74, 6) is 0.311. The van der Waals surface area contributed by atoms with Gasteiger partial charge in [-0.3, -0.25) is 0 Å². The average Bonchev–Trinajstić information content (AvgIpc) is 2.87. The second kappa shape index (κ2) is 5.05. The van der Waals surface area contributed by atoms with Gasteiger partial charge in [-0.25, -0.2) is 13.1 Å². The quantitative estimate of drug-likeness (QED) is 0.867. The molecule has 0 aliphatic heterocycles. The number of rotatable bonds is 4. The number of thiophene rings is 1. The van der Waals surface area contributed by atoms with E-state index in [9.17, 15) is 8.42 Å². The highest BCUT2D eigenvalue weighted by molar-refractivity contribution is 7.91. The smallest absolute Gasteiger partial charge is 0.206 e. The molecule has 1 heterocycles. The first kappa shape index (κ1) is 13.6. The largest absolute Gasteiger partial charge is 0.250 e. The molecule has 0 atom stereocenters. The molecule has 0 unspecified atom stereocenters. The third kappa shape index (κ3) is 2.96. The summed E-state index contributed by atoms with van der Waals surface area (Å²) in [6.07, 6.45) is 3.63. The maximum atomic E-state index is 12.1. The zero-order chi connectivity index (χ0) is 12.5. The summed E-state index contributed by atoms with van der Waals surface area (Å²) >= 11 is 12.7. The average molecular weight is 314 g/mol. The van der Waals surface area contributed by atoms with E-state index in [4.69, 9.17) is 23.2 Å². The van der Waals surface area contributed by atoms with E-state index in [1.807, 2.05) is 0 Å². The van der Waals surface area contributed by atoms with Gasteiger partial charge in [-0.1, -0.05) is 24.4 Å².